The van der Waals surface area contributed by atoms with Gasteiger partial charge in [0.25, 0.3) is 0 Å². The second kappa shape index (κ2) is 3.58. The smallest absolute Gasteiger partial charge is 0.212 e. The fourth-order valence-electron chi connectivity index (χ4n) is 1.40. The summed E-state index contributed by atoms with van der Waals surface area (Å²) in [5.41, 5.74) is 0.220. The Morgan fingerprint density at radius 2 is 1.92 bits per heavy atom. The Kier molecular flexibility index (Phi) is 3.02. The third kappa shape index (κ3) is 3.27. The van der Waals surface area contributed by atoms with E-state index in [1.165, 1.54) is 0 Å². The van der Waals surface area contributed by atoms with Gasteiger partial charge in [0.2, 0.25) is 10.0 Å². The van der Waals surface area contributed by atoms with Crippen LogP contribution in [0, 0.1) is 5.41 Å². The zero-order valence-corrected chi connectivity index (χ0v) is 9.52. The number of nitrogens with zero attached hydrogens (tertiary/aromatic N) is 1. The number of hydrogen-bond donors (Lipinski definition) is 0. The zero-order chi connectivity index (χ0) is 10.1. The molecule has 0 bridgehead atoms. The van der Waals surface area contributed by atoms with E-state index < -0.39 is 10.0 Å². The summed E-state index contributed by atoms with van der Waals surface area (Å²) in [4.78, 5) is 0. The molecular weight excluding hydrogens is 186 g/mol. The molecular formula is C9H19NO2S. The highest BCUT2D eigenvalue weighted by molar-refractivity contribution is 7.89. The molecule has 1 rings (SSSR count). The first kappa shape index (κ1) is 11.0. The second-order valence-electron chi connectivity index (χ2n) is 4.88. The molecule has 0 aromatic carbocycles. The molecule has 0 amide bonds. The third-order valence-corrected chi connectivity index (χ3v) is 4.27. The van der Waals surface area contributed by atoms with Crippen LogP contribution in [-0.4, -0.2) is 31.6 Å². The molecule has 0 saturated carbocycles. The van der Waals surface area contributed by atoms with E-state index in [0.29, 0.717) is 12.3 Å². The maximum absolute atomic E-state index is 11.4. The molecule has 13 heavy (non-hydrogen) atoms. The SMILES string of the molecule is CC(C)(C)CCN1CCCS1(=O)=O. The predicted molar refractivity (Wildman–Crippen MR) is 54.0 cm³/mol. The molecule has 3 nitrogen and oxygen atoms in total. The van der Waals surface area contributed by atoms with Crippen molar-refractivity contribution < 1.29 is 8.42 Å². The molecule has 0 spiro atoms. The van der Waals surface area contributed by atoms with Gasteiger partial charge in [-0.25, -0.2) is 12.7 Å². The Balaban J connectivity index is 2.47. The van der Waals surface area contributed by atoms with Crippen LogP contribution in [0.2, 0.25) is 0 Å². The summed E-state index contributed by atoms with van der Waals surface area (Å²) in [7, 11) is -2.88. The highest BCUT2D eigenvalue weighted by Gasteiger charge is 2.28. The molecule has 0 aromatic rings. The molecule has 0 N–H and O–H groups in total. The molecule has 0 aromatic heterocycles. The molecule has 1 heterocycles. The molecule has 0 radical (unpaired) electrons. The van der Waals surface area contributed by atoms with Crippen molar-refractivity contribution in [3.63, 3.8) is 0 Å². The van der Waals surface area contributed by atoms with Crippen LogP contribution in [0.25, 0.3) is 0 Å². The molecule has 1 saturated heterocycles. The van der Waals surface area contributed by atoms with E-state index in [4.69, 9.17) is 0 Å². The Labute approximate surface area is 81.2 Å². The monoisotopic (exact) mass is 205 g/mol. The van der Waals surface area contributed by atoms with Crippen molar-refractivity contribution in [3.05, 3.63) is 0 Å². The standard InChI is InChI=1S/C9H19NO2S/c1-9(2,3)5-7-10-6-4-8-13(10,11)12/h4-8H2,1-3H3. The third-order valence-electron chi connectivity index (χ3n) is 2.31. The van der Waals surface area contributed by atoms with Crippen LogP contribution < -0.4 is 0 Å². The van der Waals surface area contributed by atoms with Gasteiger partial charge in [-0.05, 0) is 18.3 Å². The van der Waals surface area contributed by atoms with Crippen LogP contribution in [-0.2, 0) is 10.0 Å². The summed E-state index contributed by atoms with van der Waals surface area (Å²) < 4.78 is 24.4. The minimum absolute atomic E-state index is 0.220. The van der Waals surface area contributed by atoms with Crippen molar-refractivity contribution >= 4 is 10.0 Å². The van der Waals surface area contributed by atoms with Crippen molar-refractivity contribution in [3.8, 4) is 0 Å². The molecule has 0 aliphatic carbocycles. The summed E-state index contributed by atoms with van der Waals surface area (Å²) in [6.45, 7) is 7.81. The summed E-state index contributed by atoms with van der Waals surface area (Å²) in [5, 5.41) is 0. The Hall–Kier alpha value is -0.0900. The van der Waals surface area contributed by atoms with Crippen molar-refractivity contribution in [2.45, 2.75) is 33.6 Å². The van der Waals surface area contributed by atoms with E-state index in [2.05, 4.69) is 20.8 Å². The second-order valence-corrected chi connectivity index (χ2v) is 6.97. The maximum atomic E-state index is 11.4. The lowest BCUT2D eigenvalue weighted by Gasteiger charge is -2.22. The van der Waals surface area contributed by atoms with E-state index in [0.717, 1.165) is 19.4 Å². The van der Waals surface area contributed by atoms with Gasteiger partial charge in [0, 0.05) is 13.1 Å². The molecule has 0 unspecified atom stereocenters. The average Bonchev–Trinajstić information content (AvgIpc) is 2.23. The van der Waals surface area contributed by atoms with Gasteiger partial charge in [-0.2, -0.15) is 0 Å². The largest absolute Gasteiger partial charge is 0.214 e. The average molecular weight is 205 g/mol. The van der Waals surface area contributed by atoms with Gasteiger partial charge in [-0.3, -0.25) is 0 Å². The number of hydrogen-bond acceptors (Lipinski definition) is 2. The minimum Gasteiger partial charge on any atom is -0.212 e. The van der Waals surface area contributed by atoms with Crippen LogP contribution in [0.4, 0.5) is 0 Å². The Morgan fingerprint density at radius 1 is 1.31 bits per heavy atom. The lowest BCUT2D eigenvalue weighted by molar-refractivity contribution is 0.320. The topological polar surface area (TPSA) is 37.4 Å². The van der Waals surface area contributed by atoms with E-state index in [-0.39, 0.29) is 5.41 Å². The molecule has 1 aliphatic heterocycles. The molecule has 1 fully saturated rings. The molecule has 78 valence electrons. The maximum Gasteiger partial charge on any atom is 0.214 e. The van der Waals surface area contributed by atoms with E-state index in [1.807, 2.05) is 0 Å². The first-order valence-corrected chi connectivity index (χ1v) is 6.40. The van der Waals surface area contributed by atoms with Crippen LogP contribution in [0.1, 0.15) is 33.6 Å². The predicted octanol–water partition coefficient (Wildman–Crippen LogP) is 1.46. The van der Waals surface area contributed by atoms with Gasteiger partial charge in [-0.15, -0.1) is 0 Å². The van der Waals surface area contributed by atoms with E-state index in [9.17, 15) is 8.42 Å². The van der Waals surface area contributed by atoms with E-state index in [1.54, 1.807) is 4.31 Å². The molecule has 4 heteroatoms. The lowest BCUT2D eigenvalue weighted by Crippen LogP contribution is -2.29. The fraction of sp³-hybridized carbons (Fsp3) is 1.00. The summed E-state index contributed by atoms with van der Waals surface area (Å²) in [6, 6.07) is 0. The van der Waals surface area contributed by atoms with E-state index >= 15 is 0 Å². The highest BCUT2D eigenvalue weighted by Crippen LogP contribution is 2.22. The Morgan fingerprint density at radius 3 is 2.31 bits per heavy atom. The molecule has 0 atom stereocenters. The van der Waals surface area contributed by atoms with Crippen LogP contribution >= 0.6 is 0 Å². The van der Waals surface area contributed by atoms with Crippen molar-refractivity contribution in [2.24, 2.45) is 5.41 Å². The summed E-state index contributed by atoms with van der Waals surface area (Å²) in [6.07, 6.45) is 1.73. The highest BCUT2D eigenvalue weighted by atomic mass is 32.2. The van der Waals surface area contributed by atoms with Crippen LogP contribution in [0.5, 0.6) is 0 Å². The van der Waals surface area contributed by atoms with Gasteiger partial charge >= 0.3 is 0 Å². The zero-order valence-electron chi connectivity index (χ0n) is 8.71. The van der Waals surface area contributed by atoms with Crippen molar-refractivity contribution in [1.82, 2.24) is 4.31 Å². The number of rotatable bonds is 2. The van der Waals surface area contributed by atoms with Gasteiger partial charge in [0.1, 0.15) is 0 Å². The summed E-state index contributed by atoms with van der Waals surface area (Å²) in [5.74, 6) is 0.344. The lowest BCUT2D eigenvalue weighted by atomic mass is 9.92. The fourth-order valence-corrected chi connectivity index (χ4v) is 2.93. The quantitative estimate of drug-likeness (QED) is 0.684. The normalized spacial score (nSPS) is 23.6. The van der Waals surface area contributed by atoms with Crippen molar-refractivity contribution in [1.29, 1.82) is 0 Å². The van der Waals surface area contributed by atoms with Gasteiger partial charge in [0.15, 0.2) is 0 Å². The minimum atomic E-state index is -2.88. The van der Waals surface area contributed by atoms with Gasteiger partial charge in [-0.1, -0.05) is 20.8 Å². The van der Waals surface area contributed by atoms with Crippen LogP contribution in [0.15, 0.2) is 0 Å². The summed E-state index contributed by atoms with van der Waals surface area (Å²) >= 11 is 0. The van der Waals surface area contributed by atoms with Gasteiger partial charge in [0.05, 0.1) is 5.75 Å². The Bertz CT molecular complexity index is 264. The number of sulfonamides is 1. The van der Waals surface area contributed by atoms with Crippen LogP contribution in [0.3, 0.4) is 0 Å². The van der Waals surface area contributed by atoms with Crippen molar-refractivity contribution in [2.75, 3.05) is 18.8 Å². The van der Waals surface area contributed by atoms with Gasteiger partial charge < -0.3 is 0 Å². The first-order chi connectivity index (χ1) is 5.81. The molecule has 1 aliphatic rings. The first-order valence-electron chi connectivity index (χ1n) is 4.79.